The summed E-state index contributed by atoms with van der Waals surface area (Å²) in [6.45, 7) is 17.5. The largest absolute Gasteiger partial charge is 0.444 e. The Bertz CT molecular complexity index is 816. The first-order valence-corrected chi connectivity index (χ1v) is 13.1. The third kappa shape index (κ3) is 9.54. The Morgan fingerprint density at radius 2 is 1.57 bits per heavy atom. The van der Waals surface area contributed by atoms with Crippen LogP contribution in [0.4, 0.5) is 4.79 Å². The number of aryl methyl sites for hydroxylation is 1. The molecule has 198 valence electrons. The monoisotopic (exact) mass is 489 g/mol. The van der Waals surface area contributed by atoms with Gasteiger partial charge in [0.25, 0.3) is 0 Å². The molecule has 1 aromatic carbocycles. The molecule has 7 nitrogen and oxygen atoms in total. The summed E-state index contributed by atoms with van der Waals surface area (Å²) < 4.78 is 5.42. The van der Waals surface area contributed by atoms with Gasteiger partial charge in [-0.25, -0.2) is 4.79 Å². The summed E-state index contributed by atoms with van der Waals surface area (Å²) in [7, 11) is 0. The minimum Gasteiger partial charge on any atom is -0.444 e. The number of likely N-dealkylation sites (N-methyl/N-ethyl adjacent to an activating group) is 1. The van der Waals surface area contributed by atoms with Crippen LogP contribution in [0.3, 0.4) is 0 Å². The molecule has 35 heavy (non-hydrogen) atoms. The molecule has 0 fully saturated rings. The van der Waals surface area contributed by atoms with Gasteiger partial charge in [0.15, 0.2) is 0 Å². The number of nitrogens with one attached hydrogen (secondary N) is 2. The average molecular weight is 490 g/mol. The number of hydrogen-bond acceptors (Lipinski definition) is 4. The molecule has 0 aliphatic heterocycles. The summed E-state index contributed by atoms with van der Waals surface area (Å²) in [6.07, 6.45) is 2.72. The van der Waals surface area contributed by atoms with Gasteiger partial charge in [0.05, 0.1) is 0 Å². The van der Waals surface area contributed by atoms with E-state index in [0.29, 0.717) is 13.0 Å². The first-order valence-electron chi connectivity index (χ1n) is 13.1. The van der Waals surface area contributed by atoms with E-state index in [0.717, 1.165) is 30.4 Å². The average Bonchev–Trinajstić information content (AvgIpc) is 2.79. The summed E-state index contributed by atoms with van der Waals surface area (Å²) >= 11 is 0. The molecule has 1 rings (SSSR count). The predicted octanol–water partition coefficient (Wildman–Crippen LogP) is 5.38. The molecule has 4 unspecified atom stereocenters. The smallest absolute Gasteiger partial charge is 0.408 e. The van der Waals surface area contributed by atoms with Crippen molar-refractivity contribution >= 4 is 17.9 Å². The first-order chi connectivity index (χ1) is 16.4. The summed E-state index contributed by atoms with van der Waals surface area (Å²) in [4.78, 5) is 41.6. The maximum atomic E-state index is 13.9. The van der Waals surface area contributed by atoms with Gasteiger partial charge in [-0.3, -0.25) is 9.59 Å². The lowest BCUT2D eigenvalue weighted by molar-refractivity contribution is -0.143. The van der Waals surface area contributed by atoms with Crippen LogP contribution in [-0.2, 0) is 20.7 Å². The molecule has 0 radical (unpaired) electrons. The van der Waals surface area contributed by atoms with E-state index in [4.69, 9.17) is 4.74 Å². The third-order valence-corrected chi connectivity index (χ3v) is 6.15. The number of ether oxygens (including phenoxy) is 1. The minimum absolute atomic E-state index is 0.0102. The zero-order chi connectivity index (χ0) is 26.8. The molecule has 0 saturated heterocycles. The van der Waals surface area contributed by atoms with E-state index in [1.807, 2.05) is 52.0 Å². The van der Waals surface area contributed by atoms with Crippen LogP contribution < -0.4 is 10.6 Å². The van der Waals surface area contributed by atoms with Crippen LogP contribution in [0.1, 0.15) is 98.7 Å². The summed E-state index contributed by atoms with van der Waals surface area (Å²) in [6, 6.07) is 6.21. The molecule has 2 N–H and O–H groups in total. The summed E-state index contributed by atoms with van der Waals surface area (Å²) in [5.41, 5.74) is 1.22. The van der Waals surface area contributed by atoms with Gasteiger partial charge in [0, 0.05) is 12.6 Å². The van der Waals surface area contributed by atoms with Gasteiger partial charge >= 0.3 is 6.09 Å². The predicted molar refractivity (Wildman–Crippen MR) is 141 cm³/mol. The highest BCUT2D eigenvalue weighted by molar-refractivity contribution is 5.92. The number of carbonyl (C=O) groups is 3. The first kappa shape index (κ1) is 30.5. The molecule has 0 bridgehead atoms. The lowest BCUT2D eigenvalue weighted by Crippen LogP contribution is -2.55. The Labute approximate surface area is 212 Å². The molecule has 0 aliphatic rings. The van der Waals surface area contributed by atoms with Crippen molar-refractivity contribution in [2.24, 2.45) is 5.92 Å². The van der Waals surface area contributed by atoms with Gasteiger partial charge < -0.3 is 20.3 Å². The van der Waals surface area contributed by atoms with Crippen LogP contribution >= 0.6 is 0 Å². The minimum atomic E-state index is -0.812. The van der Waals surface area contributed by atoms with Crippen molar-refractivity contribution in [3.05, 3.63) is 35.4 Å². The van der Waals surface area contributed by atoms with Gasteiger partial charge in [0.2, 0.25) is 11.8 Å². The highest BCUT2D eigenvalue weighted by atomic mass is 16.6. The van der Waals surface area contributed by atoms with Gasteiger partial charge in [-0.2, -0.15) is 0 Å². The quantitative estimate of drug-likeness (QED) is 0.412. The maximum Gasteiger partial charge on any atom is 0.408 e. The highest BCUT2D eigenvalue weighted by Gasteiger charge is 2.37. The second-order valence-electron chi connectivity index (χ2n) is 10.3. The van der Waals surface area contributed by atoms with Gasteiger partial charge in [-0.15, -0.1) is 0 Å². The van der Waals surface area contributed by atoms with Gasteiger partial charge in [0.1, 0.15) is 17.7 Å². The molecule has 4 atom stereocenters. The fraction of sp³-hybridized carbons (Fsp3) is 0.679. The van der Waals surface area contributed by atoms with E-state index in [-0.39, 0.29) is 23.8 Å². The normalized spacial score (nSPS) is 14.9. The van der Waals surface area contributed by atoms with Crippen LogP contribution in [0.25, 0.3) is 0 Å². The number of nitrogens with zero attached hydrogens (tertiary/aromatic N) is 1. The topological polar surface area (TPSA) is 87.7 Å². The fourth-order valence-corrected chi connectivity index (χ4v) is 4.00. The Morgan fingerprint density at radius 1 is 0.971 bits per heavy atom. The second-order valence-corrected chi connectivity index (χ2v) is 10.3. The van der Waals surface area contributed by atoms with Crippen LogP contribution in [0.5, 0.6) is 0 Å². The zero-order valence-electron chi connectivity index (χ0n) is 23.2. The number of carbonyl (C=O) groups excluding carboxylic acids is 3. The molecule has 0 heterocycles. The lowest BCUT2D eigenvalue weighted by Gasteiger charge is -2.36. The molecule has 0 spiro atoms. The lowest BCUT2D eigenvalue weighted by atomic mass is 9.95. The Balaban J connectivity index is 3.39. The van der Waals surface area contributed by atoms with E-state index in [1.165, 1.54) is 0 Å². The van der Waals surface area contributed by atoms with Crippen LogP contribution in [-0.4, -0.2) is 47.0 Å². The molecular weight excluding hydrogens is 442 g/mol. The molecule has 3 amide bonds. The van der Waals surface area contributed by atoms with Crippen molar-refractivity contribution in [3.8, 4) is 0 Å². The number of hydrogen-bond donors (Lipinski definition) is 2. The van der Waals surface area contributed by atoms with Crippen LogP contribution in [0.2, 0.25) is 0 Å². The van der Waals surface area contributed by atoms with E-state index in [2.05, 4.69) is 24.5 Å². The molecule has 0 aliphatic carbocycles. The highest BCUT2D eigenvalue weighted by Crippen LogP contribution is 2.25. The zero-order valence-corrected chi connectivity index (χ0v) is 23.2. The van der Waals surface area contributed by atoms with Crippen molar-refractivity contribution < 1.29 is 19.1 Å². The Kier molecular flexibility index (Phi) is 12.3. The van der Waals surface area contributed by atoms with Crippen molar-refractivity contribution in [2.75, 3.05) is 6.54 Å². The van der Waals surface area contributed by atoms with E-state index in [9.17, 15) is 14.4 Å². The number of benzene rings is 1. The van der Waals surface area contributed by atoms with Gasteiger partial charge in [-0.1, -0.05) is 64.8 Å². The summed E-state index contributed by atoms with van der Waals surface area (Å²) in [5.74, 6) is -0.657. The summed E-state index contributed by atoms with van der Waals surface area (Å²) in [5, 5.41) is 5.87. The van der Waals surface area contributed by atoms with Crippen molar-refractivity contribution in [2.45, 2.75) is 112 Å². The van der Waals surface area contributed by atoms with E-state index >= 15 is 0 Å². The molecule has 0 aromatic heterocycles. The van der Waals surface area contributed by atoms with Crippen LogP contribution in [0.15, 0.2) is 24.3 Å². The van der Waals surface area contributed by atoms with Crippen molar-refractivity contribution in [1.29, 1.82) is 0 Å². The standard InChI is InChI=1S/C28H47N3O4/c1-10-14-20(6)29-25(32)24(22-17-15-21(12-3)16-18-22)31(13-4)26(33)23(19(5)11-2)30-27(34)35-28(7,8)9/h15-20,23-24H,10-14H2,1-9H3,(H,29,32)(H,30,34). The number of rotatable bonds is 12. The SMILES string of the molecule is CCCC(C)NC(=O)C(c1ccc(CC)cc1)N(CC)C(=O)C(NC(=O)OC(C)(C)C)C(C)CC. The van der Waals surface area contributed by atoms with Crippen molar-refractivity contribution in [1.82, 2.24) is 15.5 Å². The fourth-order valence-electron chi connectivity index (χ4n) is 4.00. The second kappa shape index (κ2) is 14.1. The Hall–Kier alpha value is -2.57. The van der Waals surface area contributed by atoms with E-state index < -0.39 is 23.8 Å². The number of amides is 3. The number of alkyl carbamates (subject to hydrolysis) is 1. The molecule has 1 aromatic rings. The molecule has 0 saturated carbocycles. The molecular formula is C28H47N3O4. The van der Waals surface area contributed by atoms with Crippen LogP contribution in [0, 0.1) is 5.92 Å². The van der Waals surface area contributed by atoms with Gasteiger partial charge in [-0.05, 0) is 64.5 Å². The van der Waals surface area contributed by atoms with Crippen molar-refractivity contribution in [3.63, 3.8) is 0 Å². The maximum absolute atomic E-state index is 13.9. The third-order valence-electron chi connectivity index (χ3n) is 6.15. The molecule has 7 heteroatoms. The Morgan fingerprint density at radius 3 is 2.03 bits per heavy atom. The van der Waals surface area contributed by atoms with E-state index in [1.54, 1.807) is 25.7 Å².